The Balaban J connectivity index is 2.16. The van der Waals surface area contributed by atoms with Crippen LogP contribution >= 0.6 is 15.9 Å². The van der Waals surface area contributed by atoms with E-state index in [4.69, 9.17) is 0 Å². The molecule has 3 nitrogen and oxygen atoms in total. The van der Waals surface area contributed by atoms with E-state index in [2.05, 4.69) is 33.2 Å². The Morgan fingerprint density at radius 3 is 2.74 bits per heavy atom. The lowest BCUT2D eigenvalue weighted by Gasteiger charge is -2.10. The second-order valence-electron chi connectivity index (χ2n) is 4.23. The minimum absolute atomic E-state index is 0.136. The van der Waals surface area contributed by atoms with Crippen molar-refractivity contribution in [2.75, 3.05) is 5.32 Å². The summed E-state index contributed by atoms with van der Waals surface area (Å²) < 4.78 is 0.718. The Labute approximate surface area is 121 Å². The van der Waals surface area contributed by atoms with Crippen LogP contribution < -0.4 is 5.32 Å². The predicted molar refractivity (Wildman–Crippen MR) is 80.3 cm³/mol. The van der Waals surface area contributed by atoms with E-state index in [0.29, 0.717) is 5.56 Å². The number of anilines is 1. The smallest absolute Gasteiger partial charge is 0.257 e. The molecule has 0 atom stereocenters. The third kappa shape index (κ3) is 3.64. The van der Waals surface area contributed by atoms with Crippen LogP contribution in [-0.4, -0.2) is 10.9 Å². The standard InChI is InChI=1S/C15H15BrN2O/c1-2-5-11-6-3-4-7-13(11)18-15(19)12-8-9-14(16)17-10-12/h3-4,6-10H,2,5H2,1H3,(H,18,19). The van der Waals surface area contributed by atoms with Crippen molar-refractivity contribution in [1.82, 2.24) is 4.98 Å². The molecule has 1 aromatic carbocycles. The summed E-state index contributed by atoms with van der Waals surface area (Å²) in [6.45, 7) is 2.12. The summed E-state index contributed by atoms with van der Waals surface area (Å²) in [5.74, 6) is -0.136. The Kier molecular flexibility index (Phi) is 4.68. The van der Waals surface area contributed by atoms with E-state index < -0.39 is 0 Å². The summed E-state index contributed by atoms with van der Waals surface area (Å²) in [6.07, 6.45) is 3.56. The molecular weight excluding hydrogens is 304 g/mol. The summed E-state index contributed by atoms with van der Waals surface area (Å²) in [7, 11) is 0. The van der Waals surface area contributed by atoms with Gasteiger partial charge in [0.05, 0.1) is 5.56 Å². The molecule has 0 radical (unpaired) electrons. The number of nitrogens with one attached hydrogen (secondary N) is 1. The second-order valence-corrected chi connectivity index (χ2v) is 5.04. The van der Waals surface area contributed by atoms with Crippen molar-refractivity contribution in [3.8, 4) is 0 Å². The second kappa shape index (κ2) is 6.48. The predicted octanol–water partition coefficient (Wildman–Crippen LogP) is 4.05. The molecule has 0 fully saturated rings. The highest BCUT2D eigenvalue weighted by molar-refractivity contribution is 9.10. The molecular formula is C15H15BrN2O. The number of nitrogens with zero attached hydrogens (tertiary/aromatic N) is 1. The van der Waals surface area contributed by atoms with Crippen LogP contribution in [0.4, 0.5) is 5.69 Å². The zero-order valence-corrected chi connectivity index (χ0v) is 12.3. The zero-order valence-electron chi connectivity index (χ0n) is 10.7. The van der Waals surface area contributed by atoms with Crippen molar-refractivity contribution < 1.29 is 4.79 Å². The molecule has 0 saturated heterocycles. The molecule has 0 unspecified atom stereocenters. The van der Waals surface area contributed by atoms with Gasteiger partial charge in [-0.1, -0.05) is 31.5 Å². The summed E-state index contributed by atoms with van der Waals surface area (Å²) in [4.78, 5) is 16.2. The summed E-state index contributed by atoms with van der Waals surface area (Å²) in [6, 6.07) is 11.4. The molecule has 2 rings (SSSR count). The molecule has 0 bridgehead atoms. The molecule has 1 aromatic heterocycles. The molecule has 0 spiro atoms. The molecule has 1 heterocycles. The first-order valence-electron chi connectivity index (χ1n) is 6.21. The van der Waals surface area contributed by atoms with Gasteiger partial charge in [0.15, 0.2) is 0 Å². The van der Waals surface area contributed by atoms with Gasteiger partial charge in [0, 0.05) is 11.9 Å². The fourth-order valence-corrected chi connectivity index (χ4v) is 2.07. The van der Waals surface area contributed by atoms with Crippen molar-refractivity contribution in [3.63, 3.8) is 0 Å². The van der Waals surface area contributed by atoms with Crippen LogP contribution in [0.25, 0.3) is 0 Å². The van der Waals surface area contributed by atoms with Crippen molar-refractivity contribution in [2.24, 2.45) is 0 Å². The van der Waals surface area contributed by atoms with Crippen molar-refractivity contribution >= 4 is 27.5 Å². The maximum Gasteiger partial charge on any atom is 0.257 e. The van der Waals surface area contributed by atoms with Gasteiger partial charge in [-0.2, -0.15) is 0 Å². The van der Waals surface area contributed by atoms with Crippen molar-refractivity contribution in [1.29, 1.82) is 0 Å². The topological polar surface area (TPSA) is 42.0 Å². The maximum atomic E-state index is 12.1. The number of benzene rings is 1. The van der Waals surface area contributed by atoms with Crippen molar-refractivity contribution in [3.05, 3.63) is 58.3 Å². The van der Waals surface area contributed by atoms with Gasteiger partial charge >= 0.3 is 0 Å². The van der Waals surface area contributed by atoms with Crippen LogP contribution in [0.1, 0.15) is 29.3 Å². The first-order chi connectivity index (χ1) is 9.20. The van der Waals surface area contributed by atoms with Crippen LogP contribution in [-0.2, 0) is 6.42 Å². The average Bonchev–Trinajstić information content (AvgIpc) is 2.42. The van der Waals surface area contributed by atoms with Gasteiger partial charge in [0.1, 0.15) is 4.60 Å². The lowest BCUT2D eigenvalue weighted by Crippen LogP contribution is -2.13. The average molecular weight is 319 g/mol. The van der Waals surface area contributed by atoms with Gasteiger partial charge in [-0.25, -0.2) is 4.98 Å². The van der Waals surface area contributed by atoms with E-state index in [-0.39, 0.29) is 5.91 Å². The number of halogens is 1. The van der Waals surface area contributed by atoms with Crippen LogP contribution in [0.2, 0.25) is 0 Å². The highest BCUT2D eigenvalue weighted by Gasteiger charge is 2.08. The molecule has 2 aromatic rings. The van der Waals surface area contributed by atoms with Crippen LogP contribution in [0.15, 0.2) is 47.2 Å². The monoisotopic (exact) mass is 318 g/mol. The molecule has 0 aliphatic heterocycles. The fourth-order valence-electron chi connectivity index (χ4n) is 1.83. The number of carbonyl (C=O) groups excluding carboxylic acids is 1. The molecule has 0 aliphatic rings. The highest BCUT2D eigenvalue weighted by Crippen LogP contribution is 2.18. The number of rotatable bonds is 4. The first kappa shape index (κ1) is 13.7. The Bertz CT molecular complexity index is 567. The number of hydrogen-bond acceptors (Lipinski definition) is 2. The van der Waals surface area contributed by atoms with Gasteiger partial charge in [-0.3, -0.25) is 4.79 Å². The quantitative estimate of drug-likeness (QED) is 0.864. The molecule has 1 N–H and O–H groups in total. The van der Waals surface area contributed by atoms with E-state index in [0.717, 1.165) is 28.7 Å². The van der Waals surface area contributed by atoms with Crippen LogP contribution in [0.3, 0.4) is 0 Å². The minimum atomic E-state index is -0.136. The van der Waals surface area contributed by atoms with Gasteiger partial charge in [0.25, 0.3) is 5.91 Å². The van der Waals surface area contributed by atoms with Gasteiger partial charge in [-0.05, 0) is 46.1 Å². The van der Waals surface area contributed by atoms with E-state index >= 15 is 0 Å². The van der Waals surface area contributed by atoms with Crippen LogP contribution in [0, 0.1) is 0 Å². The summed E-state index contributed by atoms with van der Waals surface area (Å²) in [5, 5.41) is 2.94. The van der Waals surface area contributed by atoms with Crippen LogP contribution in [0.5, 0.6) is 0 Å². The Morgan fingerprint density at radius 2 is 2.05 bits per heavy atom. The number of carbonyl (C=O) groups is 1. The SMILES string of the molecule is CCCc1ccccc1NC(=O)c1ccc(Br)nc1. The lowest BCUT2D eigenvalue weighted by atomic mass is 10.1. The van der Waals surface area contributed by atoms with E-state index in [1.807, 2.05) is 24.3 Å². The minimum Gasteiger partial charge on any atom is -0.322 e. The van der Waals surface area contributed by atoms with Gasteiger partial charge in [-0.15, -0.1) is 0 Å². The number of para-hydroxylation sites is 1. The number of hydrogen-bond donors (Lipinski definition) is 1. The number of aryl methyl sites for hydroxylation is 1. The molecule has 19 heavy (non-hydrogen) atoms. The van der Waals surface area contributed by atoms with Crippen molar-refractivity contribution in [2.45, 2.75) is 19.8 Å². The van der Waals surface area contributed by atoms with Gasteiger partial charge < -0.3 is 5.32 Å². The van der Waals surface area contributed by atoms with E-state index in [9.17, 15) is 4.79 Å². The summed E-state index contributed by atoms with van der Waals surface area (Å²) in [5.41, 5.74) is 2.58. The van der Waals surface area contributed by atoms with Gasteiger partial charge in [0.2, 0.25) is 0 Å². The largest absolute Gasteiger partial charge is 0.322 e. The fraction of sp³-hybridized carbons (Fsp3) is 0.200. The number of pyridine rings is 1. The number of amides is 1. The number of aromatic nitrogens is 1. The molecule has 1 amide bonds. The maximum absolute atomic E-state index is 12.1. The molecule has 0 aliphatic carbocycles. The highest BCUT2D eigenvalue weighted by atomic mass is 79.9. The third-order valence-electron chi connectivity index (χ3n) is 2.77. The molecule has 4 heteroatoms. The van der Waals surface area contributed by atoms with E-state index in [1.54, 1.807) is 18.3 Å². The normalized spacial score (nSPS) is 10.2. The molecule has 0 saturated carbocycles. The molecule has 98 valence electrons. The Hall–Kier alpha value is -1.68. The Morgan fingerprint density at radius 1 is 1.26 bits per heavy atom. The van der Waals surface area contributed by atoms with E-state index in [1.165, 1.54) is 0 Å². The first-order valence-corrected chi connectivity index (χ1v) is 7.01. The summed E-state index contributed by atoms with van der Waals surface area (Å²) >= 11 is 3.25. The third-order valence-corrected chi connectivity index (χ3v) is 3.24. The zero-order chi connectivity index (χ0) is 13.7. The lowest BCUT2D eigenvalue weighted by molar-refractivity contribution is 0.102.